The molecule has 0 saturated heterocycles. The smallest absolute Gasteiger partial charge is 0.244 e. The number of anilines is 1. The van der Waals surface area contributed by atoms with Crippen molar-refractivity contribution in [1.82, 2.24) is 14.7 Å². The quantitative estimate of drug-likeness (QED) is 0.833. The molecule has 0 aliphatic heterocycles. The highest BCUT2D eigenvalue weighted by molar-refractivity contribution is 9.10. The highest BCUT2D eigenvalue weighted by atomic mass is 79.9. The summed E-state index contributed by atoms with van der Waals surface area (Å²) in [5.74, 6) is -0.0327. The molecular weight excluding hydrogens is 364 g/mol. The summed E-state index contributed by atoms with van der Waals surface area (Å²) in [5.41, 5.74) is 5.65. The minimum Gasteiger partial charge on any atom is -0.383 e. The number of hydrogen-bond acceptors (Lipinski definition) is 6. The van der Waals surface area contributed by atoms with Crippen LogP contribution >= 0.6 is 27.3 Å². The second kappa shape index (κ2) is 6.17. The zero-order chi connectivity index (χ0) is 14.8. The van der Waals surface area contributed by atoms with E-state index in [1.54, 1.807) is 11.6 Å². The molecule has 0 saturated carbocycles. The van der Waals surface area contributed by atoms with Crippen molar-refractivity contribution in [1.29, 1.82) is 0 Å². The van der Waals surface area contributed by atoms with Gasteiger partial charge in [-0.2, -0.15) is 0 Å². The molecule has 0 aliphatic carbocycles. The molecule has 0 aromatic carbocycles. The Kier molecular flexibility index (Phi) is 4.74. The molecule has 0 spiro atoms. The van der Waals surface area contributed by atoms with E-state index in [1.165, 1.54) is 23.6 Å². The standard InChI is InChI=1S/C11H13BrN4O2S2/c1-2-8(11-14-3-4-19-11)16-20(17,18)9-5-7(12)6-15-10(9)13/h3-6,8,16H,2H2,1H3,(H2,13,15). The van der Waals surface area contributed by atoms with Crippen LogP contribution in [0.3, 0.4) is 0 Å². The van der Waals surface area contributed by atoms with Crippen molar-refractivity contribution in [2.45, 2.75) is 24.3 Å². The van der Waals surface area contributed by atoms with Crippen molar-refractivity contribution in [3.63, 3.8) is 0 Å². The predicted octanol–water partition coefficient (Wildman–Crippen LogP) is 2.31. The maximum atomic E-state index is 12.4. The van der Waals surface area contributed by atoms with Gasteiger partial charge in [0.15, 0.2) is 0 Å². The lowest BCUT2D eigenvalue weighted by molar-refractivity contribution is 0.549. The van der Waals surface area contributed by atoms with Gasteiger partial charge in [-0.05, 0) is 28.4 Å². The molecule has 3 N–H and O–H groups in total. The van der Waals surface area contributed by atoms with Gasteiger partial charge in [0, 0.05) is 22.2 Å². The van der Waals surface area contributed by atoms with Crippen LogP contribution in [0.5, 0.6) is 0 Å². The van der Waals surface area contributed by atoms with E-state index in [2.05, 4.69) is 30.6 Å². The van der Waals surface area contributed by atoms with Gasteiger partial charge >= 0.3 is 0 Å². The molecule has 1 atom stereocenters. The van der Waals surface area contributed by atoms with E-state index in [1.807, 2.05) is 6.92 Å². The van der Waals surface area contributed by atoms with Crippen molar-refractivity contribution in [3.8, 4) is 0 Å². The highest BCUT2D eigenvalue weighted by Gasteiger charge is 2.24. The molecule has 0 fully saturated rings. The number of halogens is 1. The summed E-state index contributed by atoms with van der Waals surface area (Å²) in [6.45, 7) is 1.89. The number of nitrogen functional groups attached to an aromatic ring is 1. The van der Waals surface area contributed by atoms with E-state index in [4.69, 9.17) is 5.73 Å². The molecule has 20 heavy (non-hydrogen) atoms. The number of hydrogen-bond donors (Lipinski definition) is 2. The molecule has 6 nitrogen and oxygen atoms in total. The Morgan fingerprint density at radius 3 is 2.85 bits per heavy atom. The van der Waals surface area contributed by atoms with Crippen molar-refractivity contribution in [2.75, 3.05) is 5.73 Å². The highest BCUT2D eigenvalue weighted by Crippen LogP contribution is 2.25. The fourth-order valence-electron chi connectivity index (χ4n) is 1.61. The fraction of sp³-hybridized carbons (Fsp3) is 0.273. The number of rotatable bonds is 5. The van der Waals surface area contributed by atoms with Crippen LogP contribution in [0.15, 0.2) is 33.2 Å². The Labute approximate surface area is 129 Å². The van der Waals surface area contributed by atoms with Gasteiger partial charge in [-0.1, -0.05) is 6.92 Å². The number of pyridine rings is 1. The van der Waals surface area contributed by atoms with E-state index in [0.29, 0.717) is 10.9 Å². The second-order valence-corrected chi connectivity index (χ2v) is 7.51. The average Bonchev–Trinajstić information content (AvgIpc) is 2.92. The van der Waals surface area contributed by atoms with Crippen molar-refractivity contribution in [3.05, 3.63) is 33.3 Å². The molecule has 2 heterocycles. The van der Waals surface area contributed by atoms with Crippen LogP contribution in [-0.4, -0.2) is 18.4 Å². The largest absolute Gasteiger partial charge is 0.383 e. The van der Waals surface area contributed by atoms with Gasteiger partial charge in [0.05, 0.1) is 6.04 Å². The van der Waals surface area contributed by atoms with Crippen LogP contribution in [-0.2, 0) is 10.0 Å². The first kappa shape index (κ1) is 15.4. The third-order valence-electron chi connectivity index (χ3n) is 2.59. The first-order chi connectivity index (χ1) is 9.44. The number of aromatic nitrogens is 2. The monoisotopic (exact) mass is 376 g/mol. The number of nitrogens with one attached hydrogen (secondary N) is 1. The Bertz CT molecular complexity index is 688. The number of nitrogens with two attached hydrogens (primary N) is 1. The van der Waals surface area contributed by atoms with Crippen LogP contribution in [0.25, 0.3) is 0 Å². The summed E-state index contributed by atoms with van der Waals surface area (Å²) in [4.78, 5) is 7.94. The van der Waals surface area contributed by atoms with E-state index in [9.17, 15) is 8.42 Å². The Balaban J connectivity index is 2.33. The summed E-state index contributed by atoms with van der Waals surface area (Å²) < 4.78 is 27.9. The van der Waals surface area contributed by atoms with E-state index < -0.39 is 10.0 Å². The van der Waals surface area contributed by atoms with Crippen molar-refractivity contribution in [2.24, 2.45) is 0 Å². The molecule has 2 aromatic heterocycles. The molecule has 0 radical (unpaired) electrons. The van der Waals surface area contributed by atoms with E-state index in [-0.39, 0.29) is 16.8 Å². The molecule has 0 aliphatic rings. The minimum absolute atomic E-state index is 0.0327. The van der Waals surface area contributed by atoms with E-state index >= 15 is 0 Å². The third kappa shape index (κ3) is 3.35. The lowest BCUT2D eigenvalue weighted by Crippen LogP contribution is -2.29. The zero-order valence-electron chi connectivity index (χ0n) is 10.6. The molecule has 1 unspecified atom stereocenters. The maximum absolute atomic E-state index is 12.4. The lowest BCUT2D eigenvalue weighted by Gasteiger charge is -2.15. The molecule has 0 amide bonds. The predicted molar refractivity (Wildman–Crippen MR) is 81.8 cm³/mol. The topological polar surface area (TPSA) is 98.0 Å². The summed E-state index contributed by atoms with van der Waals surface area (Å²) in [5, 5.41) is 2.53. The Hall–Kier alpha value is -1.03. The summed E-state index contributed by atoms with van der Waals surface area (Å²) in [6, 6.07) is 1.05. The van der Waals surface area contributed by atoms with Crippen LogP contribution in [0, 0.1) is 0 Å². The zero-order valence-corrected chi connectivity index (χ0v) is 13.8. The normalized spacial score (nSPS) is 13.3. The van der Waals surface area contributed by atoms with Gasteiger partial charge in [0.1, 0.15) is 15.7 Å². The summed E-state index contributed by atoms with van der Waals surface area (Å²) in [7, 11) is -3.75. The van der Waals surface area contributed by atoms with Crippen molar-refractivity contribution < 1.29 is 8.42 Å². The lowest BCUT2D eigenvalue weighted by atomic mass is 10.3. The van der Waals surface area contributed by atoms with Gasteiger partial charge in [0.2, 0.25) is 10.0 Å². The van der Waals surface area contributed by atoms with E-state index in [0.717, 1.165) is 5.01 Å². The molecular formula is C11H13BrN4O2S2. The molecule has 2 rings (SSSR count). The van der Waals surface area contributed by atoms with Gasteiger partial charge in [-0.25, -0.2) is 23.1 Å². The van der Waals surface area contributed by atoms with Gasteiger partial charge in [-0.15, -0.1) is 11.3 Å². The molecule has 2 aromatic rings. The summed E-state index contributed by atoms with van der Waals surface area (Å²) in [6.07, 6.45) is 3.69. The first-order valence-corrected chi connectivity index (χ1v) is 8.92. The molecule has 9 heteroatoms. The Morgan fingerprint density at radius 2 is 2.25 bits per heavy atom. The second-order valence-electron chi connectivity index (χ2n) is 3.99. The third-order valence-corrected chi connectivity index (χ3v) is 5.42. The van der Waals surface area contributed by atoms with Gasteiger partial charge in [-0.3, -0.25) is 0 Å². The van der Waals surface area contributed by atoms with Crippen LogP contribution in [0.4, 0.5) is 5.82 Å². The van der Waals surface area contributed by atoms with Gasteiger partial charge < -0.3 is 5.73 Å². The fourth-order valence-corrected chi connectivity index (χ4v) is 4.33. The number of nitrogens with zero attached hydrogens (tertiary/aromatic N) is 2. The van der Waals surface area contributed by atoms with Gasteiger partial charge in [0.25, 0.3) is 0 Å². The minimum atomic E-state index is -3.75. The van der Waals surface area contributed by atoms with Crippen LogP contribution in [0.1, 0.15) is 24.4 Å². The number of sulfonamides is 1. The maximum Gasteiger partial charge on any atom is 0.244 e. The molecule has 0 bridgehead atoms. The Morgan fingerprint density at radius 1 is 1.50 bits per heavy atom. The molecule has 108 valence electrons. The summed E-state index contributed by atoms with van der Waals surface area (Å²) >= 11 is 4.59. The first-order valence-electron chi connectivity index (χ1n) is 5.76. The van der Waals surface area contributed by atoms with Crippen molar-refractivity contribution >= 4 is 43.1 Å². The van der Waals surface area contributed by atoms with Crippen LogP contribution in [0.2, 0.25) is 0 Å². The average molecular weight is 377 g/mol. The number of thiazole rings is 1. The van der Waals surface area contributed by atoms with Crippen LogP contribution < -0.4 is 10.5 Å². The SMILES string of the molecule is CCC(NS(=O)(=O)c1cc(Br)cnc1N)c1nccs1.